The molecule has 128 valence electrons. The van der Waals surface area contributed by atoms with Crippen LogP contribution in [-0.2, 0) is 6.42 Å². The van der Waals surface area contributed by atoms with Gasteiger partial charge in [-0.2, -0.15) is 5.26 Å². The molecule has 6 heteroatoms. The lowest BCUT2D eigenvalue weighted by atomic mass is 10.1. The molecular weight excluding hydrogens is 316 g/mol. The number of hydrogen-bond donors (Lipinski definition) is 0. The largest absolute Gasteiger partial charge is 0.458 e. The van der Waals surface area contributed by atoms with Gasteiger partial charge in [-0.05, 0) is 49.1 Å². The highest BCUT2D eigenvalue weighted by molar-refractivity contribution is 5.94. The zero-order valence-electron chi connectivity index (χ0n) is 14.2. The first-order chi connectivity index (χ1) is 12.2. The van der Waals surface area contributed by atoms with Crippen LogP contribution in [0, 0.1) is 11.3 Å². The predicted molar refractivity (Wildman–Crippen MR) is 92.1 cm³/mol. The van der Waals surface area contributed by atoms with Crippen LogP contribution in [0.15, 0.2) is 36.7 Å². The smallest absolute Gasteiger partial charge is 0.316 e. The maximum atomic E-state index is 12.6. The molecule has 6 nitrogen and oxygen atoms in total. The molecule has 1 saturated heterocycles. The van der Waals surface area contributed by atoms with Crippen molar-refractivity contribution in [3.05, 3.63) is 53.3 Å². The van der Waals surface area contributed by atoms with Crippen LogP contribution in [0.5, 0.6) is 6.01 Å². The van der Waals surface area contributed by atoms with Crippen LogP contribution in [0.2, 0.25) is 0 Å². The van der Waals surface area contributed by atoms with Crippen molar-refractivity contribution in [2.75, 3.05) is 13.1 Å². The second-order valence-electron chi connectivity index (χ2n) is 6.05. The number of nitriles is 1. The summed E-state index contributed by atoms with van der Waals surface area (Å²) in [6.07, 6.45) is 6.06. The van der Waals surface area contributed by atoms with E-state index in [9.17, 15) is 4.79 Å². The molecular formula is C19H20N4O2. The number of nitrogens with zero attached hydrogens (tertiary/aromatic N) is 4. The lowest BCUT2D eigenvalue weighted by Crippen LogP contribution is -2.44. The van der Waals surface area contributed by atoms with Crippen LogP contribution in [0.4, 0.5) is 0 Å². The van der Waals surface area contributed by atoms with E-state index in [0.717, 1.165) is 24.8 Å². The molecule has 3 rings (SSSR count). The number of carbonyl (C=O) groups is 1. The maximum Gasteiger partial charge on any atom is 0.316 e. The molecule has 0 spiro atoms. The Labute approximate surface area is 147 Å². The van der Waals surface area contributed by atoms with Crippen LogP contribution in [0.3, 0.4) is 0 Å². The first kappa shape index (κ1) is 16.9. The van der Waals surface area contributed by atoms with Gasteiger partial charge in [0.1, 0.15) is 6.10 Å². The van der Waals surface area contributed by atoms with Crippen LogP contribution in [0.1, 0.15) is 41.3 Å². The zero-order valence-corrected chi connectivity index (χ0v) is 14.2. The highest BCUT2D eigenvalue weighted by atomic mass is 16.5. The molecule has 1 aliphatic heterocycles. The second kappa shape index (κ2) is 7.75. The van der Waals surface area contributed by atoms with E-state index in [1.54, 1.807) is 41.6 Å². The standard InChI is InChI=1S/C19H20N4O2/c1-2-14-11-21-19(22-12-14)25-17-4-3-9-23(13-17)18(24)16-7-5-15(10-20)6-8-16/h5-8,11-12,17H,2-4,9,13H2,1H3. The second-order valence-corrected chi connectivity index (χ2v) is 6.05. The predicted octanol–water partition coefficient (Wildman–Crippen LogP) is 2.59. The third kappa shape index (κ3) is 4.13. The molecule has 0 N–H and O–H groups in total. The molecule has 2 heterocycles. The summed E-state index contributed by atoms with van der Waals surface area (Å²) in [5, 5.41) is 8.85. The first-order valence-corrected chi connectivity index (χ1v) is 8.46. The summed E-state index contributed by atoms with van der Waals surface area (Å²) in [6.45, 7) is 3.26. The van der Waals surface area contributed by atoms with E-state index in [1.807, 2.05) is 6.92 Å². The highest BCUT2D eigenvalue weighted by Crippen LogP contribution is 2.18. The third-order valence-corrected chi connectivity index (χ3v) is 4.29. The van der Waals surface area contributed by atoms with Crippen molar-refractivity contribution in [3.8, 4) is 12.1 Å². The first-order valence-electron chi connectivity index (χ1n) is 8.46. The van der Waals surface area contributed by atoms with Gasteiger partial charge in [-0.25, -0.2) is 9.97 Å². The fourth-order valence-electron chi connectivity index (χ4n) is 2.82. The van der Waals surface area contributed by atoms with E-state index >= 15 is 0 Å². The van der Waals surface area contributed by atoms with Crippen LogP contribution in [0.25, 0.3) is 0 Å². The molecule has 1 atom stereocenters. The summed E-state index contributed by atoms with van der Waals surface area (Å²) in [7, 11) is 0. The Balaban J connectivity index is 1.63. The molecule has 1 aliphatic rings. The van der Waals surface area contributed by atoms with Crippen molar-refractivity contribution in [2.45, 2.75) is 32.3 Å². The summed E-state index contributed by atoms with van der Waals surface area (Å²) < 4.78 is 5.85. The topological polar surface area (TPSA) is 79.1 Å². The van der Waals surface area contributed by atoms with Crippen molar-refractivity contribution in [3.63, 3.8) is 0 Å². The molecule has 0 bridgehead atoms. The molecule has 0 radical (unpaired) electrons. The maximum absolute atomic E-state index is 12.6. The molecule has 1 fully saturated rings. The lowest BCUT2D eigenvalue weighted by Gasteiger charge is -2.32. The SMILES string of the molecule is CCc1cnc(OC2CCCN(C(=O)c3ccc(C#N)cc3)C2)nc1. The van der Waals surface area contributed by atoms with Gasteiger partial charge in [-0.1, -0.05) is 6.92 Å². The molecule has 1 aromatic carbocycles. The highest BCUT2D eigenvalue weighted by Gasteiger charge is 2.26. The Hall–Kier alpha value is -2.94. The number of likely N-dealkylation sites (tertiary alicyclic amines) is 1. The van der Waals surface area contributed by atoms with E-state index in [-0.39, 0.29) is 12.0 Å². The zero-order chi connectivity index (χ0) is 17.6. The number of carbonyl (C=O) groups excluding carboxylic acids is 1. The van der Waals surface area contributed by atoms with Crippen LogP contribution >= 0.6 is 0 Å². The van der Waals surface area contributed by atoms with Gasteiger partial charge in [0.2, 0.25) is 0 Å². The molecule has 1 unspecified atom stereocenters. The number of aromatic nitrogens is 2. The molecule has 1 amide bonds. The van der Waals surface area contributed by atoms with E-state index in [0.29, 0.717) is 30.2 Å². The molecule has 0 saturated carbocycles. The van der Waals surface area contributed by atoms with Crippen molar-refractivity contribution in [2.24, 2.45) is 0 Å². The number of aryl methyl sites for hydroxylation is 1. The van der Waals surface area contributed by atoms with Crippen molar-refractivity contribution >= 4 is 5.91 Å². The molecule has 1 aromatic heterocycles. The van der Waals surface area contributed by atoms with Crippen LogP contribution in [-0.4, -0.2) is 40.0 Å². The third-order valence-electron chi connectivity index (χ3n) is 4.29. The normalized spacial score (nSPS) is 17.0. The van der Waals surface area contributed by atoms with E-state index in [1.165, 1.54) is 0 Å². The van der Waals surface area contributed by atoms with Gasteiger partial charge < -0.3 is 9.64 Å². The number of amides is 1. The van der Waals surface area contributed by atoms with Crippen LogP contribution < -0.4 is 4.74 Å². The van der Waals surface area contributed by atoms with Gasteiger partial charge in [-0.15, -0.1) is 0 Å². The number of ether oxygens (including phenoxy) is 1. The van der Waals surface area contributed by atoms with Gasteiger partial charge in [0, 0.05) is 24.5 Å². The van der Waals surface area contributed by atoms with E-state index in [2.05, 4.69) is 16.0 Å². The summed E-state index contributed by atoms with van der Waals surface area (Å²) in [4.78, 5) is 22.9. The minimum Gasteiger partial charge on any atom is -0.458 e. The number of hydrogen-bond acceptors (Lipinski definition) is 5. The lowest BCUT2D eigenvalue weighted by molar-refractivity contribution is 0.0515. The minimum absolute atomic E-state index is 0.0416. The van der Waals surface area contributed by atoms with E-state index in [4.69, 9.17) is 10.00 Å². The van der Waals surface area contributed by atoms with Gasteiger partial charge in [-0.3, -0.25) is 4.79 Å². The Morgan fingerprint density at radius 3 is 2.68 bits per heavy atom. The monoisotopic (exact) mass is 336 g/mol. The number of benzene rings is 1. The fraction of sp³-hybridized carbons (Fsp3) is 0.368. The minimum atomic E-state index is -0.108. The van der Waals surface area contributed by atoms with E-state index < -0.39 is 0 Å². The van der Waals surface area contributed by atoms with Crippen molar-refractivity contribution in [1.82, 2.24) is 14.9 Å². The molecule has 25 heavy (non-hydrogen) atoms. The Kier molecular flexibility index (Phi) is 5.24. The van der Waals surface area contributed by atoms with Gasteiger partial charge in [0.05, 0.1) is 18.2 Å². The summed E-state index contributed by atoms with van der Waals surface area (Å²) in [5.74, 6) is -0.0416. The molecule has 0 aliphatic carbocycles. The van der Waals surface area contributed by atoms with Gasteiger partial charge >= 0.3 is 6.01 Å². The average Bonchev–Trinajstić information content (AvgIpc) is 2.68. The summed E-state index contributed by atoms with van der Waals surface area (Å²) >= 11 is 0. The molecule has 2 aromatic rings. The van der Waals surface area contributed by atoms with Gasteiger partial charge in [0.15, 0.2) is 0 Å². The van der Waals surface area contributed by atoms with Crippen molar-refractivity contribution in [1.29, 1.82) is 5.26 Å². The number of rotatable bonds is 4. The summed E-state index contributed by atoms with van der Waals surface area (Å²) in [5.41, 5.74) is 2.20. The summed E-state index contributed by atoms with van der Waals surface area (Å²) in [6, 6.07) is 9.12. The Morgan fingerprint density at radius 1 is 1.32 bits per heavy atom. The Bertz CT molecular complexity index is 766. The average molecular weight is 336 g/mol. The Morgan fingerprint density at radius 2 is 2.04 bits per heavy atom. The van der Waals surface area contributed by atoms with Gasteiger partial charge in [0.25, 0.3) is 5.91 Å². The van der Waals surface area contributed by atoms with Crippen molar-refractivity contribution < 1.29 is 9.53 Å². The number of piperidine rings is 1. The fourth-order valence-corrected chi connectivity index (χ4v) is 2.82. The quantitative estimate of drug-likeness (QED) is 0.857.